The van der Waals surface area contributed by atoms with E-state index in [1.54, 1.807) is 18.9 Å². The summed E-state index contributed by atoms with van der Waals surface area (Å²) in [6, 6.07) is 14.2. The fraction of sp³-hybridized carbons (Fsp3) is 0.440. The van der Waals surface area contributed by atoms with Gasteiger partial charge in [-0.25, -0.2) is 4.79 Å². The molecule has 31 heavy (non-hydrogen) atoms. The molecule has 1 fully saturated rings. The van der Waals surface area contributed by atoms with E-state index < -0.39 is 11.5 Å². The number of carbonyl (C=O) groups is 2. The van der Waals surface area contributed by atoms with Crippen LogP contribution in [-0.2, 0) is 22.4 Å². The molecule has 1 saturated heterocycles. The molecule has 4 rings (SSSR count). The zero-order valence-corrected chi connectivity index (χ0v) is 18.5. The number of methoxy groups -OCH3 is 2. The third-order valence-electron chi connectivity index (χ3n) is 6.83. The van der Waals surface area contributed by atoms with Gasteiger partial charge in [-0.15, -0.1) is 0 Å². The first-order valence-electron chi connectivity index (χ1n) is 10.6. The molecule has 164 valence electrons. The van der Waals surface area contributed by atoms with Gasteiger partial charge in [-0.2, -0.15) is 0 Å². The van der Waals surface area contributed by atoms with Gasteiger partial charge in [-0.05, 0) is 35.7 Å². The lowest BCUT2D eigenvalue weighted by Crippen LogP contribution is -2.35. The van der Waals surface area contributed by atoms with Crippen molar-refractivity contribution in [2.24, 2.45) is 5.41 Å². The van der Waals surface area contributed by atoms with E-state index in [9.17, 15) is 9.59 Å². The number of carbonyl (C=O) groups excluding carboxylic acids is 2. The number of ketones is 1. The van der Waals surface area contributed by atoms with E-state index in [4.69, 9.17) is 14.2 Å². The summed E-state index contributed by atoms with van der Waals surface area (Å²) in [7, 11) is 2.99. The monoisotopic (exact) mass is 423 g/mol. The summed E-state index contributed by atoms with van der Waals surface area (Å²) < 4.78 is 16.8. The second kappa shape index (κ2) is 8.25. The molecule has 0 radical (unpaired) electrons. The van der Waals surface area contributed by atoms with Crippen molar-refractivity contribution in [3.8, 4) is 11.5 Å². The van der Waals surface area contributed by atoms with E-state index in [1.165, 1.54) is 18.2 Å². The molecule has 2 aliphatic rings. The van der Waals surface area contributed by atoms with E-state index >= 15 is 0 Å². The van der Waals surface area contributed by atoms with Gasteiger partial charge in [-0.3, -0.25) is 4.79 Å². The van der Waals surface area contributed by atoms with Crippen molar-refractivity contribution in [1.82, 2.24) is 4.90 Å². The average Bonchev–Trinajstić information content (AvgIpc) is 3.34. The number of hydrogen-bond acceptors (Lipinski definition) is 5. The normalized spacial score (nSPS) is 22.8. The van der Waals surface area contributed by atoms with Crippen LogP contribution in [-0.4, -0.2) is 50.2 Å². The molecule has 1 aliphatic heterocycles. The Bertz CT molecular complexity index is 978. The summed E-state index contributed by atoms with van der Waals surface area (Å²) >= 11 is 0. The third-order valence-corrected chi connectivity index (χ3v) is 6.83. The maximum Gasteiger partial charge on any atom is 0.409 e. The van der Waals surface area contributed by atoms with Crippen LogP contribution in [0.25, 0.3) is 0 Å². The summed E-state index contributed by atoms with van der Waals surface area (Å²) in [6.45, 7) is 4.26. The van der Waals surface area contributed by atoms with Gasteiger partial charge < -0.3 is 19.1 Å². The first kappa shape index (κ1) is 21.2. The fourth-order valence-corrected chi connectivity index (χ4v) is 4.87. The maximum absolute atomic E-state index is 12.6. The molecule has 1 amide bonds. The van der Waals surface area contributed by atoms with Crippen molar-refractivity contribution >= 4 is 11.9 Å². The lowest BCUT2D eigenvalue weighted by Gasteiger charge is -2.28. The number of likely N-dealkylation sites (tertiary alicyclic amines) is 1. The molecule has 1 aliphatic carbocycles. The second-order valence-electron chi connectivity index (χ2n) is 8.70. The van der Waals surface area contributed by atoms with Crippen LogP contribution in [0.5, 0.6) is 11.5 Å². The number of fused-ring (bicyclic) bond motifs is 1. The van der Waals surface area contributed by atoms with Gasteiger partial charge in [0.2, 0.25) is 0 Å². The molecule has 1 heterocycles. The molecule has 6 nitrogen and oxygen atoms in total. The SMILES string of the molecule is COC(=O)N1C[C@@H](c2ccc(OC)c(OC3Cc4ccccc4C3)c2)[C@](C)(C(C)=O)C1. The largest absolute Gasteiger partial charge is 0.493 e. The summed E-state index contributed by atoms with van der Waals surface area (Å²) in [6.07, 6.45) is 1.34. The van der Waals surface area contributed by atoms with Gasteiger partial charge in [0, 0.05) is 31.8 Å². The molecule has 0 bridgehead atoms. The Morgan fingerprint density at radius 3 is 2.29 bits per heavy atom. The molecule has 2 atom stereocenters. The van der Waals surface area contributed by atoms with Crippen LogP contribution in [0.3, 0.4) is 0 Å². The molecule has 2 aromatic rings. The van der Waals surface area contributed by atoms with Crippen LogP contribution in [0.2, 0.25) is 0 Å². The van der Waals surface area contributed by atoms with Crippen LogP contribution in [0.1, 0.15) is 36.5 Å². The van der Waals surface area contributed by atoms with Gasteiger partial charge in [-0.1, -0.05) is 37.3 Å². The first-order chi connectivity index (χ1) is 14.9. The molecular formula is C25H29NO5. The molecule has 0 spiro atoms. The number of ether oxygens (including phenoxy) is 3. The number of hydrogen-bond donors (Lipinski definition) is 0. The highest BCUT2D eigenvalue weighted by molar-refractivity contribution is 5.85. The van der Waals surface area contributed by atoms with E-state index in [-0.39, 0.29) is 17.8 Å². The standard InChI is InChI=1S/C25H29NO5/c1-16(27)25(2)15-26(24(28)30-4)14-21(25)19-9-10-22(29-3)23(13-19)31-20-11-17-7-5-6-8-18(17)12-20/h5-10,13,20-21H,11-12,14-15H2,1-4H3/t21-,25-/m0/s1. The molecule has 0 N–H and O–H groups in total. The maximum atomic E-state index is 12.6. The van der Waals surface area contributed by atoms with E-state index in [2.05, 4.69) is 24.3 Å². The fourth-order valence-electron chi connectivity index (χ4n) is 4.87. The third kappa shape index (κ3) is 3.87. The molecule has 0 unspecified atom stereocenters. The van der Waals surface area contributed by atoms with Crippen molar-refractivity contribution in [3.05, 3.63) is 59.2 Å². The van der Waals surface area contributed by atoms with Gasteiger partial charge in [0.15, 0.2) is 11.5 Å². The smallest absolute Gasteiger partial charge is 0.409 e. The number of nitrogens with zero attached hydrogens (tertiary/aromatic N) is 1. The van der Waals surface area contributed by atoms with Crippen molar-refractivity contribution in [2.75, 3.05) is 27.3 Å². The minimum absolute atomic E-state index is 0.0379. The zero-order chi connectivity index (χ0) is 22.2. The molecule has 0 saturated carbocycles. The van der Waals surface area contributed by atoms with Crippen LogP contribution in [0, 0.1) is 5.41 Å². The minimum Gasteiger partial charge on any atom is -0.493 e. The zero-order valence-electron chi connectivity index (χ0n) is 18.5. The lowest BCUT2D eigenvalue weighted by molar-refractivity contribution is -0.125. The lowest BCUT2D eigenvalue weighted by atomic mass is 9.73. The Hall–Kier alpha value is -3.02. The molecule has 2 aromatic carbocycles. The highest BCUT2D eigenvalue weighted by Gasteiger charge is 2.49. The Balaban J connectivity index is 1.62. The Morgan fingerprint density at radius 1 is 1.03 bits per heavy atom. The van der Waals surface area contributed by atoms with Crippen LogP contribution in [0.15, 0.2) is 42.5 Å². The Kier molecular flexibility index (Phi) is 5.65. The number of benzene rings is 2. The van der Waals surface area contributed by atoms with Gasteiger partial charge in [0.1, 0.15) is 11.9 Å². The predicted molar refractivity (Wildman–Crippen MR) is 117 cm³/mol. The summed E-state index contributed by atoms with van der Waals surface area (Å²) in [5.74, 6) is 1.22. The number of Topliss-reactive ketones (excluding diaryl/α,β-unsaturated/α-hetero) is 1. The Morgan fingerprint density at radius 2 is 1.71 bits per heavy atom. The number of amides is 1. The van der Waals surface area contributed by atoms with Crippen molar-refractivity contribution in [2.45, 2.75) is 38.7 Å². The summed E-state index contributed by atoms with van der Waals surface area (Å²) in [5, 5.41) is 0. The van der Waals surface area contributed by atoms with Crippen LogP contribution >= 0.6 is 0 Å². The van der Waals surface area contributed by atoms with Gasteiger partial charge in [0.05, 0.1) is 19.6 Å². The van der Waals surface area contributed by atoms with E-state index in [1.807, 2.05) is 25.1 Å². The van der Waals surface area contributed by atoms with E-state index in [0.717, 1.165) is 18.4 Å². The Labute approximate surface area is 183 Å². The van der Waals surface area contributed by atoms with Crippen molar-refractivity contribution in [3.63, 3.8) is 0 Å². The van der Waals surface area contributed by atoms with Crippen LogP contribution < -0.4 is 9.47 Å². The predicted octanol–water partition coefficient (Wildman–Crippen LogP) is 4.00. The summed E-state index contributed by atoms with van der Waals surface area (Å²) in [5.41, 5.74) is 2.90. The van der Waals surface area contributed by atoms with E-state index in [0.29, 0.717) is 24.6 Å². The summed E-state index contributed by atoms with van der Waals surface area (Å²) in [4.78, 5) is 26.3. The first-order valence-corrected chi connectivity index (χ1v) is 10.6. The topological polar surface area (TPSA) is 65.1 Å². The minimum atomic E-state index is -0.691. The quantitative estimate of drug-likeness (QED) is 0.727. The second-order valence-corrected chi connectivity index (χ2v) is 8.70. The highest BCUT2D eigenvalue weighted by atomic mass is 16.5. The van der Waals surface area contributed by atoms with Crippen molar-refractivity contribution in [1.29, 1.82) is 0 Å². The van der Waals surface area contributed by atoms with Crippen LogP contribution in [0.4, 0.5) is 4.79 Å². The van der Waals surface area contributed by atoms with Gasteiger partial charge in [0.25, 0.3) is 0 Å². The number of rotatable bonds is 5. The van der Waals surface area contributed by atoms with Crippen molar-refractivity contribution < 1.29 is 23.8 Å². The molecule has 6 heteroatoms. The van der Waals surface area contributed by atoms with Gasteiger partial charge >= 0.3 is 6.09 Å². The average molecular weight is 424 g/mol. The molecule has 0 aromatic heterocycles. The highest BCUT2D eigenvalue weighted by Crippen LogP contribution is 2.45. The molecular weight excluding hydrogens is 394 g/mol.